The highest BCUT2D eigenvalue weighted by Gasteiger charge is 2.30. The summed E-state index contributed by atoms with van der Waals surface area (Å²) in [4.78, 5) is 38.3. The van der Waals surface area contributed by atoms with Gasteiger partial charge in [-0.3, -0.25) is 9.59 Å². The Morgan fingerprint density at radius 1 is 0.971 bits per heavy atom. The van der Waals surface area contributed by atoms with Gasteiger partial charge in [-0.1, -0.05) is 24.3 Å². The molecule has 0 radical (unpaired) electrons. The zero-order chi connectivity index (χ0) is 25.0. The lowest BCUT2D eigenvalue weighted by atomic mass is 10.1. The number of para-hydroxylation sites is 1. The maximum absolute atomic E-state index is 13.0. The first-order valence-electron chi connectivity index (χ1n) is 10.9. The second-order valence-electron chi connectivity index (χ2n) is 8.24. The predicted octanol–water partition coefficient (Wildman–Crippen LogP) is 2.34. The average molecular weight is 488 g/mol. The van der Waals surface area contributed by atoms with Gasteiger partial charge in [0, 0.05) is 38.8 Å². The molecule has 1 fully saturated rings. The molecule has 1 N–H and O–H groups in total. The smallest absolute Gasteiger partial charge is 0.338 e. The van der Waals surface area contributed by atoms with Gasteiger partial charge in [0.1, 0.15) is 0 Å². The van der Waals surface area contributed by atoms with Gasteiger partial charge in [0.05, 0.1) is 10.5 Å². The van der Waals surface area contributed by atoms with Gasteiger partial charge in [-0.05, 0) is 50.1 Å². The third-order valence-electron chi connectivity index (χ3n) is 5.77. The largest absolute Gasteiger partial charge is 0.449 e. The Morgan fingerprint density at radius 3 is 2.15 bits per heavy atom. The number of nitrogens with zero attached hydrogens (tertiary/aromatic N) is 2. The van der Waals surface area contributed by atoms with Gasteiger partial charge in [0.15, 0.2) is 6.10 Å². The monoisotopic (exact) mass is 487 g/mol. The summed E-state index contributed by atoms with van der Waals surface area (Å²) in [6.45, 7) is 7.60. The van der Waals surface area contributed by atoms with Crippen molar-refractivity contribution in [3.8, 4) is 0 Å². The number of piperazine rings is 1. The van der Waals surface area contributed by atoms with E-state index in [2.05, 4.69) is 5.32 Å². The molecule has 1 atom stereocenters. The summed E-state index contributed by atoms with van der Waals surface area (Å²) < 4.78 is 32.7. The predicted molar refractivity (Wildman–Crippen MR) is 127 cm³/mol. The van der Waals surface area contributed by atoms with Crippen LogP contribution < -0.4 is 5.32 Å². The lowest BCUT2D eigenvalue weighted by molar-refractivity contribution is -0.130. The SMILES string of the molecule is CC(=O)N1CCN(S(=O)(=O)c2cccc(C(=O)O[C@H](C)C(=O)Nc3c(C)cccc3C)c2)CC1. The van der Waals surface area contributed by atoms with E-state index < -0.39 is 28.0 Å². The Kier molecular flexibility index (Phi) is 7.73. The number of amides is 2. The van der Waals surface area contributed by atoms with E-state index in [-0.39, 0.29) is 29.5 Å². The summed E-state index contributed by atoms with van der Waals surface area (Å²) in [5.41, 5.74) is 2.45. The van der Waals surface area contributed by atoms with Crippen LogP contribution in [0, 0.1) is 13.8 Å². The fourth-order valence-corrected chi connectivity index (χ4v) is 5.16. The number of benzene rings is 2. The summed E-state index contributed by atoms with van der Waals surface area (Å²) in [6.07, 6.45) is -1.09. The van der Waals surface area contributed by atoms with Crippen LogP contribution in [0.4, 0.5) is 5.69 Å². The summed E-state index contributed by atoms with van der Waals surface area (Å²) in [7, 11) is -3.85. The molecule has 0 aliphatic carbocycles. The molecular weight excluding hydrogens is 458 g/mol. The lowest BCUT2D eigenvalue weighted by Crippen LogP contribution is -2.49. The summed E-state index contributed by atoms with van der Waals surface area (Å²) >= 11 is 0. The van der Waals surface area contributed by atoms with E-state index in [0.29, 0.717) is 18.8 Å². The molecule has 0 saturated carbocycles. The number of carbonyl (C=O) groups is 3. The molecule has 9 nitrogen and oxygen atoms in total. The zero-order valence-electron chi connectivity index (χ0n) is 19.7. The van der Waals surface area contributed by atoms with Crippen molar-refractivity contribution in [2.75, 3.05) is 31.5 Å². The van der Waals surface area contributed by atoms with Gasteiger partial charge in [0.2, 0.25) is 15.9 Å². The third kappa shape index (κ3) is 5.63. The van der Waals surface area contributed by atoms with Gasteiger partial charge >= 0.3 is 5.97 Å². The Morgan fingerprint density at radius 2 is 1.56 bits per heavy atom. The second kappa shape index (κ2) is 10.4. The first-order valence-corrected chi connectivity index (χ1v) is 12.4. The number of anilines is 1. The van der Waals surface area contributed by atoms with Crippen LogP contribution in [0.3, 0.4) is 0 Å². The van der Waals surface area contributed by atoms with Crippen LogP contribution in [-0.4, -0.2) is 67.7 Å². The molecule has 1 aliphatic heterocycles. The summed E-state index contributed by atoms with van der Waals surface area (Å²) in [5, 5.41) is 2.78. The van der Waals surface area contributed by atoms with Crippen molar-refractivity contribution in [3.05, 3.63) is 59.2 Å². The average Bonchev–Trinajstić information content (AvgIpc) is 2.81. The van der Waals surface area contributed by atoms with E-state index in [9.17, 15) is 22.8 Å². The van der Waals surface area contributed by atoms with E-state index in [1.54, 1.807) is 4.90 Å². The fourth-order valence-electron chi connectivity index (χ4n) is 3.69. The molecule has 0 bridgehead atoms. The minimum atomic E-state index is -3.85. The van der Waals surface area contributed by atoms with Crippen molar-refractivity contribution in [3.63, 3.8) is 0 Å². The van der Waals surface area contributed by atoms with Crippen LogP contribution in [0.25, 0.3) is 0 Å². The molecule has 2 aromatic rings. The molecule has 2 aromatic carbocycles. The standard InChI is InChI=1S/C24H29N3O6S/c1-16-7-5-8-17(2)22(16)25-23(29)18(3)33-24(30)20-9-6-10-21(15-20)34(31,32)27-13-11-26(12-14-27)19(4)28/h5-10,15,18H,11-14H2,1-4H3,(H,25,29)/t18-/m1/s1. The maximum atomic E-state index is 13.0. The van der Waals surface area contributed by atoms with E-state index in [1.807, 2.05) is 32.0 Å². The van der Waals surface area contributed by atoms with Crippen LogP contribution in [0.5, 0.6) is 0 Å². The van der Waals surface area contributed by atoms with Gasteiger partial charge in [-0.25, -0.2) is 13.2 Å². The van der Waals surface area contributed by atoms with Crippen molar-refractivity contribution in [2.45, 2.75) is 38.7 Å². The van der Waals surface area contributed by atoms with Crippen molar-refractivity contribution >= 4 is 33.5 Å². The number of hydrogen-bond acceptors (Lipinski definition) is 6. The molecule has 1 saturated heterocycles. The van der Waals surface area contributed by atoms with Gasteiger partial charge in [-0.2, -0.15) is 4.31 Å². The molecule has 10 heteroatoms. The molecule has 1 heterocycles. The van der Waals surface area contributed by atoms with Gasteiger partial charge < -0.3 is 15.0 Å². The number of hydrogen-bond donors (Lipinski definition) is 1. The first kappa shape index (κ1) is 25.4. The van der Waals surface area contributed by atoms with Crippen LogP contribution in [-0.2, 0) is 24.3 Å². The second-order valence-corrected chi connectivity index (χ2v) is 10.2. The van der Waals surface area contributed by atoms with Crippen molar-refractivity contribution in [2.24, 2.45) is 0 Å². The molecule has 3 rings (SSSR count). The topological polar surface area (TPSA) is 113 Å². The van der Waals surface area contributed by atoms with Crippen LogP contribution in [0.1, 0.15) is 35.3 Å². The third-order valence-corrected chi connectivity index (χ3v) is 7.67. The highest BCUT2D eigenvalue weighted by Crippen LogP contribution is 2.21. The van der Waals surface area contributed by atoms with Crippen LogP contribution in [0.2, 0.25) is 0 Å². The minimum Gasteiger partial charge on any atom is -0.449 e. The van der Waals surface area contributed by atoms with Crippen molar-refractivity contribution in [1.29, 1.82) is 0 Å². The van der Waals surface area contributed by atoms with E-state index >= 15 is 0 Å². The lowest BCUT2D eigenvalue weighted by Gasteiger charge is -2.33. The number of ether oxygens (including phenoxy) is 1. The summed E-state index contributed by atoms with van der Waals surface area (Å²) in [5.74, 6) is -1.39. The molecule has 0 spiro atoms. The highest BCUT2D eigenvalue weighted by molar-refractivity contribution is 7.89. The molecule has 1 aliphatic rings. The molecule has 0 aromatic heterocycles. The van der Waals surface area contributed by atoms with Gasteiger partial charge in [-0.15, -0.1) is 0 Å². The van der Waals surface area contributed by atoms with E-state index in [1.165, 1.54) is 42.4 Å². The number of sulfonamides is 1. The van der Waals surface area contributed by atoms with Gasteiger partial charge in [0.25, 0.3) is 5.91 Å². The van der Waals surface area contributed by atoms with E-state index in [4.69, 9.17) is 4.74 Å². The summed E-state index contributed by atoms with van der Waals surface area (Å²) in [6, 6.07) is 11.2. The molecule has 182 valence electrons. The minimum absolute atomic E-state index is 0.0233. The van der Waals surface area contributed by atoms with Crippen molar-refractivity contribution < 1.29 is 27.5 Å². The van der Waals surface area contributed by atoms with Crippen molar-refractivity contribution in [1.82, 2.24) is 9.21 Å². The zero-order valence-corrected chi connectivity index (χ0v) is 20.5. The molecular formula is C24H29N3O6S. The number of nitrogens with one attached hydrogen (secondary N) is 1. The maximum Gasteiger partial charge on any atom is 0.338 e. The molecule has 34 heavy (non-hydrogen) atoms. The highest BCUT2D eigenvalue weighted by atomic mass is 32.2. The Hall–Kier alpha value is -3.24. The molecule has 2 amide bonds. The Balaban J connectivity index is 1.68. The number of carbonyl (C=O) groups excluding carboxylic acids is 3. The quantitative estimate of drug-likeness (QED) is 0.626. The number of esters is 1. The number of aryl methyl sites for hydroxylation is 2. The Bertz CT molecular complexity index is 1180. The number of rotatable bonds is 6. The van der Waals surface area contributed by atoms with Crippen LogP contribution in [0.15, 0.2) is 47.4 Å². The first-order chi connectivity index (χ1) is 16.0. The molecule has 0 unspecified atom stereocenters. The Labute approximate surface area is 199 Å². The fraction of sp³-hybridized carbons (Fsp3) is 0.375. The normalized spacial score (nSPS) is 15.5. The van der Waals surface area contributed by atoms with E-state index in [0.717, 1.165) is 11.1 Å². The van der Waals surface area contributed by atoms with Crippen LogP contribution >= 0.6 is 0 Å².